The van der Waals surface area contributed by atoms with Crippen LogP contribution in [0.2, 0.25) is 0 Å². The maximum atomic E-state index is 14.0. The van der Waals surface area contributed by atoms with Crippen molar-refractivity contribution < 1.29 is 23.9 Å². The second-order valence-electron chi connectivity index (χ2n) is 14.4. The zero-order chi connectivity index (χ0) is 32.7. The number of carbonyl (C=O) groups is 3. The van der Waals surface area contributed by atoms with Crippen LogP contribution in [0.5, 0.6) is 11.5 Å². The van der Waals surface area contributed by atoms with Crippen molar-refractivity contribution in [2.75, 3.05) is 25.1 Å². The van der Waals surface area contributed by atoms with Crippen LogP contribution in [-0.2, 0) is 14.4 Å². The lowest BCUT2D eigenvalue weighted by molar-refractivity contribution is -0.120. The molecule has 0 fully saturated rings. The highest BCUT2D eigenvalue weighted by Crippen LogP contribution is 2.55. The molecule has 0 bridgehead atoms. The summed E-state index contributed by atoms with van der Waals surface area (Å²) in [5.41, 5.74) is 7.00. The molecule has 2 aromatic carbocycles. The molecular formula is C38H48N2O5. The molecule has 1 heterocycles. The van der Waals surface area contributed by atoms with E-state index in [1.165, 1.54) is 0 Å². The van der Waals surface area contributed by atoms with Gasteiger partial charge in [-0.1, -0.05) is 52.8 Å². The summed E-state index contributed by atoms with van der Waals surface area (Å²) in [6, 6.07) is 11.4. The zero-order valence-corrected chi connectivity index (χ0v) is 28.2. The molecule has 0 unspecified atom stereocenters. The summed E-state index contributed by atoms with van der Waals surface area (Å²) in [4.78, 5) is 43.2. The van der Waals surface area contributed by atoms with Gasteiger partial charge in [-0.05, 0) is 85.8 Å². The van der Waals surface area contributed by atoms with E-state index in [1.54, 1.807) is 6.07 Å². The maximum Gasteiger partial charge on any atom is 0.262 e. The first-order chi connectivity index (χ1) is 21.2. The van der Waals surface area contributed by atoms with Crippen LogP contribution in [0.25, 0.3) is 0 Å². The first-order valence-electron chi connectivity index (χ1n) is 16.3. The normalized spacial score (nSPS) is 19.3. The highest BCUT2D eigenvalue weighted by Gasteiger charge is 2.48. The van der Waals surface area contributed by atoms with Crippen molar-refractivity contribution in [2.24, 2.45) is 10.8 Å². The van der Waals surface area contributed by atoms with E-state index in [9.17, 15) is 14.4 Å². The molecule has 0 saturated heterocycles. The molecular weight excluding hydrogens is 564 g/mol. The third-order valence-electron chi connectivity index (χ3n) is 9.31. The summed E-state index contributed by atoms with van der Waals surface area (Å²) >= 11 is 0. The van der Waals surface area contributed by atoms with Crippen molar-refractivity contribution >= 4 is 23.2 Å². The number of carbonyl (C=O) groups excluding carboxylic acids is 3. The van der Waals surface area contributed by atoms with E-state index in [0.29, 0.717) is 30.9 Å². The third kappa shape index (κ3) is 6.58. The molecule has 2 aromatic rings. The summed E-state index contributed by atoms with van der Waals surface area (Å²) in [6.07, 6.45) is 3.37. The Morgan fingerprint density at radius 1 is 0.867 bits per heavy atom. The van der Waals surface area contributed by atoms with Crippen LogP contribution in [0.15, 0.2) is 58.9 Å². The minimum absolute atomic E-state index is 0.109. The van der Waals surface area contributed by atoms with Gasteiger partial charge in [-0.25, -0.2) is 0 Å². The third-order valence-corrected chi connectivity index (χ3v) is 9.31. The Bertz CT molecular complexity index is 1540. The number of nitrogens with one attached hydrogen (secondary N) is 1. The topological polar surface area (TPSA) is 84.9 Å². The number of ketones is 2. The molecule has 240 valence electrons. The standard InChI is InChI=1S/C38H48N2O5/c1-9-16-40-27-18-37(5,6)20-29(41)35(27)34(36-28(40)19-38(7,8)21-30(36)42)25-14-15-31(32(17-25)44-10-2)45-22-33(43)39-26-13-11-12-23(3)24(26)4/h11-15,17,34H,9-10,16,18-22H2,1-8H3,(H,39,43). The quantitative estimate of drug-likeness (QED) is 0.311. The lowest BCUT2D eigenvalue weighted by Gasteiger charge is -2.49. The van der Waals surface area contributed by atoms with Crippen LogP contribution in [0.3, 0.4) is 0 Å². The second-order valence-corrected chi connectivity index (χ2v) is 14.4. The van der Waals surface area contributed by atoms with Gasteiger partial charge in [0.1, 0.15) is 0 Å². The largest absolute Gasteiger partial charge is 0.490 e. The molecule has 0 aromatic heterocycles. The van der Waals surface area contributed by atoms with Gasteiger partial charge in [-0.15, -0.1) is 0 Å². The molecule has 45 heavy (non-hydrogen) atoms. The van der Waals surface area contributed by atoms with Crippen LogP contribution >= 0.6 is 0 Å². The Morgan fingerprint density at radius 2 is 1.49 bits per heavy atom. The van der Waals surface area contributed by atoms with Crippen molar-refractivity contribution in [3.8, 4) is 11.5 Å². The number of hydrogen-bond donors (Lipinski definition) is 1. The minimum Gasteiger partial charge on any atom is -0.490 e. The average Bonchev–Trinajstić information content (AvgIpc) is 2.94. The number of hydrogen-bond acceptors (Lipinski definition) is 6. The second kappa shape index (κ2) is 12.5. The average molecular weight is 613 g/mol. The summed E-state index contributed by atoms with van der Waals surface area (Å²) in [6.45, 7) is 17.6. The fraction of sp³-hybridized carbons (Fsp3) is 0.500. The number of allylic oxidation sites excluding steroid dienone is 4. The van der Waals surface area contributed by atoms with Crippen molar-refractivity contribution in [3.63, 3.8) is 0 Å². The van der Waals surface area contributed by atoms with Gasteiger partial charge in [0.25, 0.3) is 5.91 Å². The van der Waals surface area contributed by atoms with E-state index in [-0.39, 0.29) is 34.9 Å². The highest BCUT2D eigenvalue weighted by atomic mass is 16.5. The van der Waals surface area contributed by atoms with E-state index in [0.717, 1.165) is 70.7 Å². The van der Waals surface area contributed by atoms with Gasteiger partial charge in [0.2, 0.25) is 0 Å². The van der Waals surface area contributed by atoms with Crippen LogP contribution in [0.4, 0.5) is 5.69 Å². The lowest BCUT2D eigenvalue weighted by Crippen LogP contribution is -2.44. The Balaban J connectivity index is 1.53. The summed E-state index contributed by atoms with van der Waals surface area (Å²) in [5, 5.41) is 2.94. The van der Waals surface area contributed by atoms with Gasteiger partial charge in [0, 0.05) is 53.5 Å². The molecule has 0 spiro atoms. The van der Waals surface area contributed by atoms with Crippen molar-refractivity contribution in [1.29, 1.82) is 0 Å². The van der Waals surface area contributed by atoms with Crippen LogP contribution in [0.1, 0.15) is 96.3 Å². The van der Waals surface area contributed by atoms with E-state index in [2.05, 4.69) is 44.8 Å². The molecule has 5 rings (SSSR count). The first kappa shape index (κ1) is 32.5. The number of ether oxygens (including phenoxy) is 2. The monoisotopic (exact) mass is 612 g/mol. The maximum absolute atomic E-state index is 14.0. The highest BCUT2D eigenvalue weighted by molar-refractivity contribution is 6.07. The molecule has 1 N–H and O–H groups in total. The summed E-state index contributed by atoms with van der Waals surface area (Å²) in [5.74, 6) is 0.415. The molecule has 1 amide bonds. The first-order valence-corrected chi connectivity index (χ1v) is 16.3. The van der Waals surface area contributed by atoms with E-state index >= 15 is 0 Å². The van der Waals surface area contributed by atoms with Gasteiger partial charge in [0.15, 0.2) is 29.7 Å². The fourth-order valence-electron chi connectivity index (χ4n) is 7.18. The molecule has 2 aliphatic carbocycles. The van der Waals surface area contributed by atoms with Gasteiger partial charge < -0.3 is 19.7 Å². The molecule has 0 saturated carbocycles. The number of benzene rings is 2. The molecule has 0 atom stereocenters. The molecule has 7 nitrogen and oxygen atoms in total. The van der Waals surface area contributed by atoms with Crippen molar-refractivity contribution in [3.05, 3.63) is 75.6 Å². The van der Waals surface area contributed by atoms with Crippen molar-refractivity contribution in [1.82, 2.24) is 4.90 Å². The van der Waals surface area contributed by atoms with Gasteiger partial charge in [-0.3, -0.25) is 14.4 Å². The van der Waals surface area contributed by atoms with Gasteiger partial charge in [-0.2, -0.15) is 0 Å². The minimum atomic E-state index is -0.462. The Kier molecular flexibility index (Phi) is 9.03. The van der Waals surface area contributed by atoms with Crippen molar-refractivity contribution in [2.45, 2.75) is 93.4 Å². The fourth-order valence-corrected chi connectivity index (χ4v) is 7.18. The van der Waals surface area contributed by atoms with Crippen LogP contribution in [0, 0.1) is 24.7 Å². The van der Waals surface area contributed by atoms with Crippen LogP contribution in [-0.4, -0.2) is 42.1 Å². The molecule has 7 heteroatoms. The SMILES string of the molecule is CCCN1C2=C(C(=O)CC(C)(C)C2)C(c2ccc(OCC(=O)Nc3cccc(C)c3C)c(OCC)c2)C2=C1CC(C)(C)CC2=O. The van der Waals surface area contributed by atoms with Gasteiger partial charge >= 0.3 is 0 Å². The number of anilines is 1. The zero-order valence-electron chi connectivity index (χ0n) is 28.2. The summed E-state index contributed by atoms with van der Waals surface area (Å²) < 4.78 is 12.0. The predicted molar refractivity (Wildman–Crippen MR) is 177 cm³/mol. The van der Waals surface area contributed by atoms with E-state index < -0.39 is 5.92 Å². The number of Topliss-reactive ketones (excluding diaryl/α,β-unsaturated/α-hetero) is 2. The summed E-state index contributed by atoms with van der Waals surface area (Å²) in [7, 11) is 0. The molecule has 0 radical (unpaired) electrons. The number of amides is 1. The Labute approximate surface area is 268 Å². The Hall–Kier alpha value is -3.87. The van der Waals surface area contributed by atoms with Crippen LogP contribution < -0.4 is 14.8 Å². The van der Waals surface area contributed by atoms with Gasteiger partial charge in [0.05, 0.1) is 6.61 Å². The number of nitrogens with zero attached hydrogens (tertiary/aromatic N) is 1. The smallest absolute Gasteiger partial charge is 0.262 e. The lowest BCUT2D eigenvalue weighted by atomic mass is 9.63. The van der Waals surface area contributed by atoms with E-state index in [1.807, 2.05) is 51.1 Å². The number of rotatable bonds is 9. The number of aryl methyl sites for hydroxylation is 1. The van der Waals surface area contributed by atoms with E-state index in [4.69, 9.17) is 9.47 Å². The predicted octanol–water partition coefficient (Wildman–Crippen LogP) is 7.82. The molecule has 3 aliphatic rings. The molecule has 1 aliphatic heterocycles. The Morgan fingerprint density at radius 3 is 2.07 bits per heavy atom.